The van der Waals surface area contributed by atoms with Crippen LogP contribution in [0.4, 0.5) is 0 Å². The molecule has 0 radical (unpaired) electrons. The van der Waals surface area contributed by atoms with Crippen LogP contribution >= 0.6 is 11.3 Å². The molecular weight excluding hydrogens is 374 g/mol. The van der Waals surface area contributed by atoms with E-state index in [2.05, 4.69) is 5.32 Å². The van der Waals surface area contributed by atoms with E-state index in [0.29, 0.717) is 42.6 Å². The Balaban J connectivity index is 1.59. The number of hydrogen-bond donors (Lipinski definition) is 1. The second-order valence-electron chi connectivity index (χ2n) is 6.00. The van der Waals surface area contributed by atoms with E-state index < -0.39 is 0 Å². The van der Waals surface area contributed by atoms with E-state index in [1.165, 1.54) is 0 Å². The summed E-state index contributed by atoms with van der Waals surface area (Å²) in [6.45, 7) is 3.37. The summed E-state index contributed by atoms with van der Waals surface area (Å²) in [6.07, 6.45) is 0. The van der Waals surface area contributed by atoms with Crippen LogP contribution in [0.25, 0.3) is 0 Å². The lowest BCUT2D eigenvalue weighted by Crippen LogP contribution is -2.22. The second-order valence-corrected chi connectivity index (χ2v) is 7.03. The van der Waals surface area contributed by atoms with E-state index in [-0.39, 0.29) is 5.91 Å². The molecule has 2 aromatic carbocycles. The molecule has 0 saturated heterocycles. The Labute approximate surface area is 168 Å². The molecule has 1 amide bonds. The van der Waals surface area contributed by atoms with Gasteiger partial charge >= 0.3 is 0 Å². The molecular formula is C22H23NO4S. The lowest BCUT2D eigenvalue weighted by atomic mass is 10.1. The van der Waals surface area contributed by atoms with Gasteiger partial charge in [-0.25, -0.2) is 0 Å². The van der Waals surface area contributed by atoms with Crippen LogP contribution in [0.15, 0.2) is 60.0 Å². The van der Waals surface area contributed by atoms with Crippen LogP contribution in [0.1, 0.15) is 27.7 Å². The average molecular weight is 397 g/mol. The molecule has 0 saturated carbocycles. The largest absolute Gasteiger partial charge is 0.493 e. The van der Waals surface area contributed by atoms with Gasteiger partial charge in [0.15, 0.2) is 11.5 Å². The number of rotatable bonds is 9. The molecule has 0 aliphatic rings. The fourth-order valence-electron chi connectivity index (χ4n) is 2.66. The topological polar surface area (TPSA) is 56.8 Å². The zero-order chi connectivity index (χ0) is 19.8. The molecule has 0 unspecified atom stereocenters. The van der Waals surface area contributed by atoms with E-state index >= 15 is 0 Å². The van der Waals surface area contributed by atoms with Gasteiger partial charge < -0.3 is 19.5 Å². The highest BCUT2D eigenvalue weighted by molar-refractivity contribution is 7.09. The number of amides is 1. The highest BCUT2D eigenvalue weighted by atomic mass is 32.1. The van der Waals surface area contributed by atoms with Gasteiger partial charge in [0.2, 0.25) is 0 Å². The van der Waals surface area contributed by atoms with Crippen molar-refractivity contribution >= 4 is 17.2 Å². The Morgan fingerprint density at radius 2 is 1.93 bits per heavy atom. The SMILES string of the molecule is CCOc1ccc(CNC(=O)c2cccc(OCc3cccs3)c2)cc1OC. The van der Waals surface area contributed by atoms with E-state index in [1.54, 1.807) is 30.6 Å². The first-order valence-corrected chi connectivity index (χ1v) is 9.90. The van der Waals surface area contributed by atoms with Gasteiger partial charge in [0.05, 0.1) is 13.7 Å². The molecule has 6 heteroatoms. The molecule has 0 aliphatic heterocycles. The normalized spacial score (nSPS) is 10.4. The van der Waals surface area contributed by atoms with E-state index in [1.807, 2.05) is 54.8 Å². The van der Waals surface area contributed by atoms with Crippen molar-refractivity contribution < 1.29 is 19.0 Å². The van der Waals surface area contributed by atoms with Crippen molar-refractivity contribution in [2.75, 3.05) is 13.7 Å². The fraction of sp³-hybridized carbons (Fsp3) is 0.227. The number of benzene rings is 2. The first kappa shape index (κ1) is 19.8. The Bertz CT molecular complexity index is 909. The minimum Gasteiger partial charge on any atom is -0.493 e. The van der Waals surface area contributed by atoms with Crippen LogP contribution in [0.5, 0.6) is 17.2 Å². The molecule has 3 aromatic rings. The monoisotopic (exact) mass is 397 g/mol. The van der Waals surface area contributed by atoms with Crippen LogP contribution in [-0.4, -0.2) is 19.6 Å². The minimum atomic E-state index is -0.158. The summed E-state index contributed by atoms with van der Waals surface area (Å²) in [7, 11) is 1.60. The molecule has 0 atom stereocenters. The number of hydrogen-bond acceptors (Lipinski definition) is 5. The highest BCUT2D eigenvalue weighted by Crippen LogP contribution is 2.28. The summed E-state index contributed by atoms with van der Waals surface area (Å²) in [5.74, 6) is 1.85. The Hall–Kier alpha value is -2.99. The van der Waals surface area contributed by atoms with Gasteiger partial charge in [-0.1, -0.05) is 18.2 Å². The standard InChI is InChI=1S/C22H23NO4S/c1-3-26-20-10-9-16(12-21(20)25-2)14-23-22(24)17-6-4-7-18(13-17)27-15-19-8-5-11-28-19/h4-13H,3,14-15H2,1-2H3,(H,23,24). The van der Waals surface area contributed by atoms with E-state index in [9.17, 15) is 4.79 Å². The summed E-state index contributed by atoms with van der Waals surface area (Å²) in [6, 6.07) is 16.8. The molecule has 0 aliphatic carbocycles. The maximum atomic E-state index is 12.5. The van der Waals surface area contributed by atoms with Crippen molar-refractivity contribution in [1.82, 2.24) is 5.32 Å². The third-order valence-corrected chi connectivity index (χ3v) is 4.89. The summed E-state index contributed by atoms with van der Waals surface area (Å²) in [5.41, 5.74) is 1.49. The number of carbonyl (C=O) groups excluding carboxylic acids is 1. The maximum Gasteiger partial charge on any atom is 0.251 e. The van der Waals surface area contributed by atoms with Gasteiger partial charge in [0.1, 0.15) is 12.4 Å². The van der Waals surface area contributed by atoms with Crippen LogP contribution in [0, 0.1) is 0 Å². The molecule has 28 heavy (non-hydrogen) atoms. The van der Waals surface area contributed by atoms with Crippen molar-refractivity contribution in [2.24, 2.45) is 0 Å². The van der Waals surface area contributed by atoms with Crippen molar-refractivity contribution in [2.45, 2.75) is 20.1 Å². The van der Waals surface area contributed by atoms with Crippen LogP contribution < -0.4 is 19.5 Å². The van der Waals surface area contributed by atoms with E-state index in [4.69, 9.17) is 14.2 Å². The molecule has 1 heterocycles. The van der Waals surface area contributed by atoms with Gasteiger partial charge in [-0.2, -0.15) is 0 Å². The number of carbonyl (C=O) groups is 1. The Morgan fingerprint density at radius 1 is 1.04 bits per heavy atom. The predicted octanol–water partition coefficient (Wildman–Crippen LogP) is 4.66. The van der Waals surface area contributed by atoms with Crippen molar-refractivity contribution in [3.05, 3.63) is 76.0 Å². The van der Waals surface area contributed by atoms with Crippen molar-refractivity contribution in [1.29, 1.82) is 0 Å². The molecule has 3 rings (SSSR count). The lowest BCUT2D eigenvalue weighted by Gasteiger charge is -2.12. The quantitative estimate of drug-likeness (QED) is 0.570. The number of ether oxygens (including phenoxy) is 3. The molecule has 146 valence electrons. The highest BCUT2D eigenvalue weighted by Gasteiger charge is 2.09. The summed E-state index contributed by atoms with van der Waals surface area (Å²) >= 11 is 1.64. The third kappa shape index (κ3) is 5.27. The zero-order valence-corrected chi connectivity index (χ0v) is 16.8. The first-order chi connectivity index (χ1) is 13.7. The van der Waals surface area contributed by atoms with Crippen LogP contribution in [0.3, 0.4) is 0 Å². The van der Waals surface area contributed by atoms with E-state index in [0.717, 1.165) is 10.4 Å². The molecule has 0 spiro atoms. The molecule has 0 fully saturated rings. The summed E-state index contributed by atoms with van der Waals surface area (Å²) < 4.78 is 16.6. The van der Waals surface area contributed by atoms with Gasteiger partial charge in [0, 0.05) is 17.0 Å². The Kier molecular flexibility index (Phi) is 6.92. The van der Waals surface area contributed by atoms with Gasteiger partial charge in [-0.15, -0.1) is 11.3 Å². The van der Waals surface area contributed by atoms with Crippen molar-refractivity contribution in [3.63, 3.8) is 0 Å². The molecule has 0 bridgehead atoms. The molecule has 5 nitrogen and oxygen atoms in total. The minimum absolute atomic E-state index is 0.158. The summed E-state index contributed by atoms with van der Waals surface area (Å²) in [5, 5.41) is 4.94. The summed E-state index contributed by atoms with van der Waals surface area (Å²) in [4.78, 5) is 13.6. The van der Waals surface area contributed by atoms with Crippen molar-refractivity contribution in [3.8, 4) is 17.2 Å². The van der Waals surface area contributed by atoms with Gasteiger partial charge in [0.25, 0.3) is 5.91 Å². The third-order valence-electron chi connectivity index (χ3n) is 4.04. The van der Waals surface area contributed by atoms with Crippen LogP contribution in [-0.2, 0) is 13.2 Å². The fourth-order valence-corrected chi connectivity index (χ4v) is 3.27. The lowest BCUT2D eigenvalue weighted by molar-refractivity contribution is 0.0950. The average Bonchev–Trinajstić information content (AvgIpc) is 3.25. The zero-order valence-electron chi connectivity index (χ0n) is 15.9. The smallest absolute Gasteiger partial charge is 0.251 e. The van der Waals surface area contributed by atoms with Gasteiger partial charge in [-0.3, -0.25) is 4.79 Å². The number of thiophene rings is 1. The predicted molar refractivity (Wildman–Crippen MR) is 110 cm³/mol. The maximum absolute atomic E-state index is 12.5. The second kappa shape index (κ2) is 9.80. The molecule has 1 N–H and O–H groups in total. The van der Waals surface area contributed by atoms with Crippen LogP contribution in [0.2, 0.25) is 0 Å². The first-order valence-electron chi connectivity index (χ1n) is 9.02. The number of nitrogens with one attached hydrogen (secondary N) is 1. The Morgan fingerprint density at radius 3 is 2.68 bits per heavy atom. The van der Waals surface area contributed by atoms with Gasteiger partial charge in [-0.05, 0) is 54.3 Å². The molecule has 1 aromatic heterocycles. The number of methoxy groups -OCH3 is 1.